The van der Waals surface area contributed by atoms with Crippen molar-refractivity contribution in [1.82, 2.24) is 10.1 Å². The average molecular weight is 312 g/mol. The number of piperidine rings is 1. The van der Waals surface area contributed by atoms with Gasteiger partial charge in [0.1, 0.15) is 11.5 Å². The Bertz CT molecular complexity index is 696. The van der Waals surface area contributed by atoms with Gasteiger partial charge in [0.25, 0.3) is 5.91 Å². The van der Waals surface area contributed by atoms with Crippen molar-refractivity contribution in [3.05, 3.63) is 59.0 Å². The number of hydrogen-bond acceptors (Lipinski definition) is 4. The molecule has 1 N–H and O–H groups in total. The van der Waals surface area contributed by atoms with E-state index >= 15 is 0 Å². The van der Waals surface area contributed by atoms with Gasteiger partial charge in [-0.05, 0) is 31.4 Å². The number of likely N-dealkylation sites (tertiary alicyclic amines) is 1. The van der Waals surface area contributed by atoms with Gasteiger partial charge in [-0.3, -0.25) is 4.79 Å². The molecule has 1 aromatic carbocycles. The molecular weight excluding hydrogens is 292 g/mol. The van der Waals surface area contributed by atoms with Crippen molar-refractivity contribution in [3.8, 4) is 0 Å². The van der Waals surface area contributed by atoms with Crippen molar-refractivity contribution in [1.29, 1.82) is 0 Å². The number of aliphatic hydroxyl groups is 1. The molecule has 1 aliphatic rings. The average Bonchev–Trinajstić information content (AvgIpc) is 3.00. The number of carbonyl (C=O) groups excluding carboxylic acids is 1. The largest absolute Gasteiger partial charge is 0.378 e. The molecule has 1 fully saturated rings. The van der Waals surface area contributed by atoms with Crippen LogP contribution in [0, 0.1) is 6.92 Å². The monoisotopic (exact) mass is 312 g/mol. The highest BCUT2D eigenvalue weighted by atomic mass is 16.5. The Morgan fingerprint density at radius 3 is 2.61 bits per heavy atom. The molecule has 2 aromatic rings. The highest BCUT2D eigenvalue weighted by molar-refractivity contribution is 5.82. The highest BCUT2D eigenvalue weighted by Gasteiger charge is 2.26. The molecule has 3 rings (SSSR count). The van der Waals surface area contributed by atoms with E-state index in [9.17, 15) is 9.90 Å². The Kier molecular flexibility index (Phi) is 4.57. The quantitative estimate of drug-likeness (QED) is 0.946. The third-order valence-corrected chi connectivity index (χ3v) is 4.06. The summed E-state index contributed by atoms with van der Waals surface area (Å²) in [5.74, 6) is 0.558. The van der Waals surface area contributed by atoms with Crippen LogP contribution >= 0.6 is 0 Å². The van der Waals surface area contributed by atoms with E-state index in [-0.39, 0.29) is 5.91 Å². The van der Waals surface area contributed by atoms with Gasteiger partial charge >= 0.3 is 0 Å². The van der Waals surface area contributed by atoms with E-state index in [1.165, 1.54) is 5.57 Å². The predicted molar refractivity (Wildman–Crippen MR) is 86.4 cm³/mol. The lowest BCUT2D eigenvalue weighted by atomic mass is 10.0. The molecule has 1 amide bonds. The molecule has 0 saturated carbocycles. The number of aromatic nitrogens is 1. The minimum absolute atomic E-state index is 0.229. The predicted octanol–water partition coefficient (Wildman–Crippen LogP) is 2.72. The number of aliphatic hydroxyl groups excluding tert-OH is 1. The summed E-state index contributed by atoms with van der Waals surface area (Å²) in [6, 6.07) is 10.9. The van der Waals surface area contributed by atoms with Gasteiger partial charge in [-0.15, -0.1) is 0 Å². The van der Waals surface area contributed by atoms with Gasteiger partial charge < -0.3 is 14.5 Å². The Morgan fingerprint density at radius 2 is 2.00 bits per heavy atom. The fourth-order valence-corrected chi connectivity index (χ4v) is 2.77. The summed E-state index contributed by atoms with van der Waals surface area (Å²) < 4.78 is 5.05. The molecule has 1 saturated heterocycles. The number of nitrogens with zero attached hydrogens (tertiary/aromatic N) is 2. The molecule has 1 aromatic heterocycles. The van der Waals surface area contributed by atoms with E-state index in [0.717, 1.165) is 24.3 Å². The zero-order chi connectivity index (χ0) is 16.2. The number of aryl methyl sites for hydroxylation is 1. The van der Waals surface area contributed by atoms with Crippen LogP contribution in [0.4, 0.5) is 0 Å². The molecule has 5 nitrogen and oxygen atoms in total. The summed E-state index contributed by atoms with van der Waals surface area (Å²) in [6.45, 7) is 3.10. The van der Waals surface area contributed by atoms with Crippen LogP contribution in [0.2, 0.25) is 0 Å². The Labute approximate surface area is 135 Å². The van der Waals surface area contributed by atoms with E-state index in [1.807, 2.05) is 37.3 Å². The van der Waals surface area contributed by atoms with Crippen LogP contribution in [0.15, 0.2) is 46.5 Å². The Hall–Kier alpha value is -2.40. The third-order valence-electron chi connectivity index (χ3n) is 4.06. The number of carbonyl (C=O) groups is 1. The lowest BCUT2D eigenvalue weighted by Crippen LogP contribution is -2.39. The normalized spacial score (nSPS) is 16.3. The Morgan fingerprint density at radius 1 is 1.30 bits per heavy atom. The molecule has 0 aliphatic carbocycles. The molecule has 120 valence electrons. The standard InChI is InChI=1S/C18H20N2O3/c1-13-11-16(19-23-13)12-14-7-9-20(10-8-14)18(22)17(21)15-5-3-2-4-6-15/h2-6,11-12,17,21H,7-10H2,1H3. The minimum atomic E-state index is -1.08. The van der Waals surface area contributed by atoms with E-state index in [0.29, 0.717) is 18.7 Å². The second kappa shape index (κ2) is 6.79. The van der Waals surface area contributed by atoms with Gasteiger partial charge in [0.15, 0.2) is 6.10 Å². The van der Waals surface area contributed by atoms with Gasteiger partial charge in [0.2, 0.25) is 0 Å². The van der Waals surface area contributed by atoms with Crippen LogP contribution in [0.1, 0.15) is 36.0 Å². The van der Waals surface area contributed by atoms with Crippen LogP contribution in [-0.2, 0) is 4.79 Å². The number of benzene rings is 1. The van der Waals surface area contributed by atoms with Crippen molar-refractivity contribution in [2.24, 2.45) is 0 Å². The maximum absolute atomic E-state index is 12.4. The van der Waals surface area contributed by atoms with Crippen LogP contribution in [0.25, 0.3) is 6.08 Å². The van der Waals surface area contributed by atoms with E-state index in [4.69, 9.17) is 4.52 Å². The number of hydrogen-bond donors (Lipinski definition) is 1. The van der Waals surface area contributed by atoms with Crippen molar-refractivity contribution in [2.45, 2.75) is 25.9 Å². The lowest BCUT2D eigenvalue weighted by molar-refractivity contribution is -0.141. The molecular formula is C18H20N2O3. The highest BCUT2D eigenvalue weighted by Crippen LogP contribution is 2.23. The Balaban J connectivity index is 1.60. The van der Waals surface area contributed by atoms with Crippen molar-refractivity contribution in [2.75, 3.05) is 13.1 Å². The molecule has 1 atom stereocenters. The van der Waals surface area contributed by atoms with Gasteiger partial charge in [0, 0.05) is 19.2 Å². The fraction of sp³-hybridized carbons (Fsp3) is 0.333. The molecule has 1 unspecified atom stereocenters. The van der Waals surface area contributed by atoms with E-state index in [1.54, 1.807) is 17.0 Å². The molecule has 2 heterocycles. The molecule has 0 bridgehead atoms. The first kappa shape index (κ1) is 15.5. The number of amides is 1. The molecule has 0 radical (unpaired) electrons. The zero-order valence-electron chi connectivity index (χ0n) is 13.1. The van der Waals surface area contributed by atoms with Crippen LogP contribution < -0.4 is 0 Å². The van der Waals surface area contributed by atoms with Gasteiger partial charge in [-0.2, -0.15) is 0 Å². The summed E-state index contributed by atoms with van der Waals surface area (Å²) >= 11 is 0. The first-order valence-electron chi connectivity index (χ1n) is 7.78. The summed E-state index contributed by atoms with van der Waals surface area (Å²) in [4.78, 5) is 14.1. The van der Waals surface area contributed by atoms with Crippen LogP contribution in [-0.4, -0.2) is 34.2 Å². The first-order valence-corrected chi connectivity index (χ1v) is 7.78. The van der Waals surface area contributed by atoms with Crippen LogP contribution in [0.5, 0.6) is 0 Å². The van der Waals surface area contributed by atoms with Crippen LogP contribution in [0.3, 0.4) is 0 Å². The summed E-state index contributed by atoms with van der Waals surface area (Å²) in [7, 11) is 0. The summed E-state index contributed by atoms with van der Waals surface area (Å²) in [6.07, 6.45) is 2.52. The van der Waals surface area contributed by atoms with E-state index < -0.39 is 6.10 Å². The fourth-order valence-electron chi connectivity index (χ4n) is 2.77. The second-order valence-corrected chi connectivity index (χ2v) is 5.80. The lowest BCUT2D eigenvalue weighted by Gasteiger charge is -2.30. The van der Waals surface area contributed by atoms with Crippen molar-refractivity contribution >= 4 is 12.0 Å². The van der Waals surface area contributed by atoms with Gasteiger partial charge in [-0.25, -0.2) is 0 Å². The SMILES string of the molecule is Cc1cc(C=C2CCN(C(=O)C(O)c3ccccc3)CC2)no1. The van der Waals surface area contributed by atoms with Gasteiger partial charge in [0.05, 0.1) is 0 Å². The van der Waals surface area contributed by atoms with E-state index in [2.05, 4.69) is 5.16 Å². The molecule has 1 aliphatic heterocycles. The maximum atomic E-state index is 12.4. The summed E-state index contributed by atoms with van der Waals surface area (Å²) in [5.41, 5.74) is 2.70. The third kappa shape index (κ3) is 3.68. The first-order chi connectivity index (χ1) is 11.1. The summed E-state index contributed by atoms with van der Waals surface area (Å²) in [5, 5.41) is 14.2. The molecule has 0 spiro atoms. The van der Waals surface area contributed by atoms with Crippen molar-refractivity contribution < 1.29 is 14.4 Å². The van der Waals surface area contributed by atoms with Crippen molar-refractivity contribution in [3.63, 3.8) is 0 Å². The topological polar surface area (TPSA) is 66.6 Å². The zero-order valence-corrected chi connectivity index (χ0v) is 13.1. The minimum Gasteiger partial charge on any atom is -0.378 e. The molecule has 23 heavy (non-hydrogen) atoms. The maximum Gasteiger partial charge on any atom is 0.256 e. The molecule has 5 heteroatoms. The number of rotatable bonds is 3. The van der Waals surface area contributed by atoms with Gasteiger partial charge in [-0.1, -0.05) is 41.1 Å². The second-order valence-electron chi connectivity index (χ2n) is 5.80. The smallest absolute Gasteiger partial charge is 0.256 e.